The molecule has 10 aliphatic heterocycles. The number of phenols is 2. The van der Waals surface area contributed by atoms with Crippen molar-refractivity contribution in [3.8, 4) is 11.5 Å². The number of ether oxygens (including phenoxy) is 21. The van der Waals surface area contributed by atoms with Crippen LogP contribution in [0.15, 0.2) is 0 Å². The molecule has 8 N–H and O–H groups in total. The second-order valence-corrected chi connectivity index (χ2v) is 26.1. The van der Waals surface area contributed by atoms with Gasteiger partial charge in [0, 0.05) is 27.1 Å². The normalized spacial score (nSPS) is 48.5. The first kappa shape index (κ1) is 70.3. The zero-order chi connectivity index (χ0) is 66.6. The summed E-state index contributed by atoms with van der Waals surface area (Å²) in [5.41, 5.74) is -3.78. The molecule has 0 aromatic heterocycles. The second-order valence-electron chi connectivity index (χ2n) is 25.4. The maximum Gasteiger partial charge on any atom is 0.342 e. The third-order valence-corrected chi connectivity index (χ3v) is 19.6. The fourth-order valence-electron chi connectivity index (χ4n) is 13.9. The van der Waals surface area contributed by atoms with Gasteiger partial charge in [0.25, 0.3) is 5.97 Å². The lowest BCUT2D eigenvalue weighted by Crippen LogP contribution is -2.70. The largest absolute Gasteiger partial charge is 0.505 e. The number of hydrogen-bond acceptors (Lipinski definition) is 32. The Hall–Kier alpha value is -2.99. The van der Waals surface area contributed by atoms with Gasteiger partial charge in [0.05, 0.1) is 73.3 Å². The van der Waals surface area contributed by atoms with E-state index in [9.17, 15) is 55.2 Å². The average molecular weight is 1360 g/mol. The molecule has 32 nitrogen and oxygen atoms in total. The monoisotopic (exact) mass is 1360 g/mol. The van der Waals surface area contributed by atoms with E-state index in [1.54, 1.807) is 41.5 Å². The van der Waals surface area contributed by atoms with Gasteiger partial charge in [-0.25, -0.2) is 4.79 Å². The van der Waals surface area contributed by atoms with Crippen LogP contribution in [0, 0.1) is 12.8 Å². The molecule has 10 saturated heterocycles. The first-order valence-electron chi connectivity index (χ1n) is 30.5. The topological polar surface area (TPSA) is 407 Å². The van der Waals surface area contributed by atoms with E-state index in [0.29, 0.717) is 6.29 Å². The van der Waals surface area contributed by atoms with E-state index >= 15 is 0 Å². The van der Waals surface area contributed by atoms with Crippen molar-refractivity contribution in [1.29, 1.82) is 0 Å². The number of aldehydes is 1. The van der Waals surface area contributed by atoms with Crippen LogP contribution in [-0.2, 0) is 109 Å². The van der Waals surface area contributed by atoms with Crippen LogP contribution in [0.25, 0.3) is 0 Å². The summed E-state index contributed by atoms with van der Waals surface area (Å²) in [7, 11) is 2.64. The molecule has 2 spiro atoms. The lowest BCUT2D eigenvalue weighted by atomic mass is 9.85. The van der Waals surface area contributed by atoms with Gasteiger partial charge < -0.3 is 140 Å². The summed E-state index contributed by atoms with van der Waals surface area (Å²) in [6.45, 7) is 12.9. The van der Waals surface area contributed by atoms with Gasteiger partial charge in [-0.15, -0.1) is 0 Å². The molecule has 1 aromatic carbocycles. The summed E-state index contributed by atoms with van der Waals surface area (Å²) >= 11 is 12.1. The van der Waals surface area contributed by atoms with Gasteiger partial charge in [-0.3, -0.25) is 9.59 Å². The number of hydrogen-bond donors (Lipinski definition) is 8. The number of aliphatic hydroxyl groups excluding tert-OH is 5. The van der Waals surface area contributed by atoms with Crippen molar-refractivity contribution in [1.82, 2.24) is 0 Å². The zero-order valence-corrected chi connectivity index (χ0v) is 53.6. The van der Waals surface area contributed by atoms with E-state index < -0.39 is 235 Å². The van der Waals surface area contributed by atoms with E-state index in [4.69, 9.17) is 123 Å². The Balaban J connectivity index is 0.715. The molecule has 0 saturated carbocycles. The number of benzene rings is 1. The highest BCUT2D eigenvalue weighted by Crippen LogP contribution is 2.53. The quantitative estimate of drug-likeness (QED) is 0.0778. The number of esters is 2. The molecule has 0 radical (unpaired) electrons. The molecule has 10 fully saturated rings. The molecule has 0 amide bonds. The van der Waals surface area contributed by atoms with Crippen LogP contribution < -0.4 is 0 Å². The Morgan fingerprint density at radius 3 is 2.01 bits per heavy atom. The lowest BCUT2D eigenvalue weighted by molar-refractivity contribution is -0.428. The van der Waals surface area contributed by atoms with E-state index in [0.717, 1.165) is 0 Å². The van der Waals surface area contributed by atoms with Gasteiger partial charge in [-0.05, 0) is 54.0 Å². The fraction of sp³-hybridized carbons (Fsp3) is 0.845. The Morgan fingerprint density at radius 1 is 0.663 bits per heavy atom. The third-order valence-electron chi connectivity index (χ3n) is 18.7. The summed E-state index contributed by atoms with van der Waals surface area (Å²) in [5.74, 6) is -7.73. The highest BCUT2D eigenvalue weighted by atomic mass is 35.5. The number of halogens is 2. The molecule has 92 heavy (non-hydrogen) atoms. The second kappa shape index (κ2) is 27.0. The van der Waals surface area contributed by atoms with Crippen molar-refractivity contribution in [2.24, 2.45) is 5.92 Å². The van der Waals surface area contributed by atoms with Gasteiger partial charge in [-0.2, -0.15) is 0 Å². The van der Waals surface area contributed by atoms with E-state index in [1.807, 2.05) is 0 Å². The van der Waals surface area contributed by atoms with Crippen LogP contribution in [0.3, 0.4) is 0 Å². The Bertz CT molecular complexity index is 2770. The van der Waals surface area contributed by atoms with Crippen LogP contribution in [0.2, 0.25) is 10.0 Å². The number of carbonyl (C=O) groups is 3. The van der Waals surface area contributed by atoms with E-state index in [-0.39, 0.29) is 43.2 Å². The zero-order valence-electron chi connectivity index (χ0n) is 52.1. The first-order valence-corrected chi connectivity index (χ1v) is 31.3. The van der Waals surface area contributed by atoms with Crippen molar-refractivity contribution >= 4 is 41.4 Å². The smallest absolute Gasteiger partial charge is 0.342 e. The number of fused-ring (bicyclic) bond motifs is 4. The maximum absolute atomic E-state index is 13.4. The predicted octanol–water partition coefficient (Wildman–Crippen LogP) is -0.295. The van der Waals surface area contributed by atoms with Crippen LogP contribution in [0.1, 0.15) is 90.6 Å². The van der Waals surface area contributed by atoms with Crippen molar-refractivity contribution in [3.05, 3.63) is 21.2 Å². The summed E-state index contributed by atoms with van der Waals surface area (Å²) in [4.78, 5) is 38.8. The predicted molar refractivity (Wildman–Crippen MR) is 298 cm³/mol. The molecule has 0 bridgehead atoms. The number of phenolic OH excluding ortho intramolecular Hbond substituents is 2. The minimum atomic E-state index is -2.14. The maximum atomic E-state index is 13.4. The Labute approximate surface area is 537 Å². The van der Waals surface area contributed by atoms with Gasteiger partial charge in [0.1, 0.15) is 96.2 Å². The van der Waals surface area contributed by atoms with Crippen molar-refractivity contribution in [2.45, 2.75) is 270 Å². The third kappa shape index (κ3) is 12.6. The van der Waals surface area contributed by atoms with Crippen LogP contribution in [0.4, 0.5) is 0 Å². The minimum absolute atomic E-state index is 0.0100. The molecule has 10 aliphatic rings. The Morgan fingerprint density at radius 2 is 1.35 bits per heavy atom. The summed E-state index contributed by atoms with van der Waals surface area (Å²) < 4.78 is 129. The van der Waals surface area contributed by atoms with Crippen molar-refractivity contribution in [3.63, 3.8) is 0 Å². The molecule has 1 unspecified atom stereocenters. The number of rotatable bonds is 16. The molecule has 34 heteroatoms. The minimum Gasteiger partial charge on any atom is -0.505 e. The molecule has 11 rings (SSSR count). The van der Waals surface area contributed by atoms with Crippen molar-refractivity contribution in [2.75, 3.05) is 34.2 Å². The van der Waals surface area contributed by atoms with Gasteiger partial charge in [0.2, 0.25) is 6.29 Å². The van der Waals surface area contributed by atoms with Crippen LogP contribution in [0.5, 0.6) is 11.5 Å². The first-order chi connectivity index (χ1) is 43.4. The summed E-state index contributed by atoms with van der Waals surface area (Å²) in [6.07, 6.45) is -33.8. The molecule has 31 atom stereocenters. The molecular formula is C58H82Cl2O32. The van der Waals surface area contributed by atoms with Gasteiger partial charge >= 0.3 is 17.9 Å². The van der Waals surface area contributed by atoms with Gasteiger partial charge in [-0.1, -0.05) is 37.0 Å². The average Bonchev–Trinajstić information content (AvgIpc) is 1.54. The summed E-state index contributed by atoms with van der Waals surface area (Å²) in [6, 6.07) is 0. The fourth-order valence-corrected chi connectivity index (χ4v) is 14.4. The van der Waals surface area contributed by atoms with E-state index in [1.165, 1.54) is 35.0 Å². The van der Waals surface area contributed by atoms with Crippen LogP contribution >= 0.6 is 23.2 Å². The number of aliphatic hydroxyl groups is 6. The molecule has 1 aromatic rings. The molecule has 0 aliphatic carbocycles. The van der Waals surface area contributed by atoms with E-state index in [2.05, 4.69) is 0 Å². The van der Waals surface area contributed by atoms with Crippen molar-refractivity contribution < 1.29 is 155 Å². The Kier molecular flexibility index (Phi) is 20.7. The highest BCUT2D eigenvalue weighted by Gasteiger charge is 2.72. The lowest BCUT2D eigenvalue weighted by Gasteiger charge is -2.49. The molecule has 520 valence electrons. The number of methoxy groups -OCH3 is 2. The summed E-state index contributed by atoms with van der Waals surface area (Å²) in [5, 5.41) is 89.1. The molecular weight excluding hydrogens is 1280 g/mol. The number of carbonyl (C=O) groups excluding carboxylic acids is 3. The highest BCUT2D eigenvalue weighted by molar-refractivity contribution is 6.39. The van der Waals surface area contributed by atoms with Gasteiger partial charge in [0.15, 0.2) is 66.9 Å². The molecule has 10 heterocycles. The number of aromatic hydroxyl groups is 2. The standard InChI is InChI=1S/C58H82Cl2O32/c1-19(2)50(69)84-46-43-29(89-58(90-43)49-48(75-18-76-49)56(71,17-62)25(8)88-58)16-74-53(46)86-54-45(73-11)37(67)42(28(15-61)80-54)85-52-38(68)44(41(72-10)22(5)79-52)82-31-14-55(9)47(24(7)78-31)91-57(92-55)13-27(64)40(23(6)87-57)81-30-12-26(63)39(21(4)77-30)83-51(70)32-20(3)33(59)36(66)34(60)35(32)65/h17,19,21-31,37-49,52-54,61,63-68,71H,12-16,18H2,1-11H3/t21-,22-,23-,24-,25-,26-,27-,28-,29+,30+,31+,37+,38-,39-,40-,41+,42-,43-,44-,45+,46-,47-,48-,49-,52+,53-,54+,55-,56+,57?,58-/m1/s1. The van der Waals surface area contributed by atoms with Crippen LogP contribution in [-0.4, -0.2) is 282 Å². The SMILES string of the molecule is CO[C@@H]1[C@H](O[C@H]2OC[C@@H]3O[C@]4(O[C@H]3[C@H]2OC(=O)C(C)C)O[C@H](C)[C@@](O)(C=O)[C@@H]2OCO[C@H]24)O[C@H](CO)[C@@H](O[C@@H]2O[C@H](C)[C@H](OC)[C@H](O[C@H]3C[C@@]4(C)OC5(C[C@@H](O)[C@H](O[C@H]6C[C@@H](O)[C@H](OC(=O)c7c(C)c(Cl)c(O)c(Cl)c7O)[C@@H](C)O6)[C@@H](C)O5)O[C@@H]4[C@@H](C)O3)[C@H]2O)[C@@H]1O.